The molecule has 5 heteroatoms. The highest BCUT2D eigenvalue weighted by atomic mass is 32.1. The van der Waals surface area contributed by atoms with E-state index in [0.717, 1.165) is 10.7 Å². The standard InChI is InChI=1S/C12H17N3OS/c1-8(2)9(3)13-11(16)6-10-7-15-4-5-17-12(15)14-10/h4-5,7-9H,6H2,1-3H3,(H,13,16)/t9-/m1/s1. The monoisotopic (exact) mass is 251 g/mol. The summed E-state index contributed by atoms with van der Waals surface area (Å²) >= 11 is 1.57. The van der Waals surface area contributed by atoms with Crippen molar-refractivity contribution in [1.82, 2.24) is 14.7 Å². The highest BCUT2D eigenvalue weighted by molar-refractivity contribution is 7.15. The summed E-state index contributed by atoms with van der Waals surface area (Å²) in [6, 6.07) is 0.200. The molecule has 2 rings (SSSR count). The number of carbonyl (C=O) groups is 1. The van der Waals surface area contributed by atoms with Crippen LogP contribution in [-0.2, 0) is 11.2 Å². The SMILES string of the molecule is CC(C)[C@@H](C)NC(=O)Cc1cn2ccsc2n1. The molecule has 0 aliphatic carbocycles. The largest absolute Gasteiger partial charge is 0.353 e. The molecule has 2 aromatic heterocycles. The second-order valence-electron chi connectivity index (χ2n) is 4.60. The molecule has 0 radical (unpaired) electrons. The Morgan fingerprint density at radius 1 is 1.53 bits per heavy atom. The first-order valence-electron chi connectivity index (χ1n) is 5.76. The maximum absolute atomic E-state index is 11.8. The second-order valence-corrected chi connectivity index (χ2v) is 5.48. The summed E-state index contributed by atoms with van der Waals surface area (Å²) in [6.07, 6.45) is 4.21. The Balaban J connectivity index is 1.97. The molecule has 1 amide bonds. The highest BCUT2D eigenvalue weighted by Crippen LogP contribution is 2.11. The third-order valence-electron chi connectivity index (χ3n) is 2.87. The van der Waals surface area contributed by atoms with Crippen molar-refractivity contribution in [3.63, 3.8) is 0 Å². The Kier molecular flexibility index (Phi) is 3.47. The molecule has 1 atom stereocenters. The fraction of sp³-hybridized carbons (Fsp3) is 0.500. The molecule has 0 fully saturated rings. The molecular weight excluding hydrogens is 234 g/mol. The molecule has 4 nitrogen and oxygen atoms in total. The van der Waals surface area contributed by atoms with E-state index >= 15 is 0 Å². The number of hydrogen-bond acceptors (Lipinski definition) is 3. The van der Waals surface area contributed by atoms with Crippen LogP contribution in [0.4, 0.5) is 0 Å². The van der Waals surface area contributed by atoms with Gasteiger partial charge in [0.15, 0.2) is 4.96 Å². The zero-order valence-corrected chi connectivity index (χ0v) is 11.1. The summed E-state index contributed by atoms with van der Waals surface area (Å²) in [4.78, 5) is 17.1. The van der Waals surface area contributed by atoms with Crippen LogP contribution in [-0.4, -0.2) is 21.3 Å². The number of nitrogens with zero attached hydrogens (tertiary/aromatic N) is 2. The first-order chi connectivity index (χ1) is 8.06. The number of rotatable bonds is 4. The normalized spacial score (nSPS) is 13.2. The van der Waals surface area contributed by atoms with E-state index in [-0.39, 0.29) is 11.9 Å². The van der Waals surface area contributed by atoms with Gasteiger partial charge in [-0.2, -0.15) is 0 Å². The quantitative estimate of drug-likeness (QED) is 0.904. The molecule has 0 aromatic carbocycles. The van der Waals surface area contributed by atoms with Crippen molar-refractivity contribution in [2.45, 2.75) is 33.2 Å². The molecule has 0 bridgehead atoms. The minimum absolute atomic E-state index is 0.0388. The lowest BCUT2D eigenvalue weighted by Gasteiger charge is -2.16. The van der Waals surface area contributed by atoms with E-state index in [1.807, 2.05) is 29.1 Å². The van der Waals surface area contributed by atoms with Crippen molar-refractivity contribution in [3.8, 4) is 0 Å². The van der Waals surface area contributed by atoms with Crippen LogP contribution in [0.1, 0.15) is 26.5 Å². The van der Waals surface area contributed by atoms with Crippen LogP contribution in [0, 0.1) is 5.92 Å². The smallest absolute Gasteiger partial charge is 0.226 e. The van der Waals surface area contributed by atoms with Gasteiger partial charge < -0.3 is 5.32 Å². The summed E-state index contributed by atoms with van der Waals surface area (Å²) in [6.45, 7) is 6.21. The molecule has 17 heavy (non-hydrogen) atoms. The Morgan fingerprint density at radius 3 is 2.94 bits per heavy atom. The summed E-state index contributed by atoms with van der Waals surface area (Å²) in [5, 5.41) is 4.96. The number of amides is 1. The first-order valence-corrected chi connectivity index (χ1v) is 6.64. The van der Waals surface area contributed by atoms with Crippen molar-refractivity contribution in [2.75, 3.05) is 0 Å². The third-order valence-corrected chi connectivity index (χ3v) is 3.64. The highest BCUT2D eigenvalue weighted by Gasteiger charge is 2.12. The first kappa shape index (κ1) is 12.1. The number of carbonyl (C=O) groups excluding carboxylic acids is 1. The number of nitrogens with one attached hydrogen (secondary N) is 1. The topological polar surface area (TPSA) is 46.4 Å². The van der Waals surface area contributed by atoms with Crippen LogP contribution in [0.2, 0.25) is 0 Å². The molecule has 92 valence electrons. The van der Waals surface area contributed by atoms with Gasteiger partial charge in [-0.1, -0.05) is 13.8 Å². The lowest BCUT2D eigenvalue weighted by molar-refractivity contribution is -0.121. The minimum Gasteiger partial charge on any atom is -0.353 e. The zero-order chi connectivity index (χ0) is 12.4. The molecule has 1 N–H and O–H groups in total. The van der Waals surface area contributed by atoms with E-state index < -0.39 is 0 Å². The zero-order valence-electron chi connectivity index (χ0n) is 10.3. The van der Waals surface area contributed by atoms with Crippen LogP contribution in [0.3, 0.4) is 0 Å². The van der Waals surface area contributed by atoms with Gasteiger partial charge in [-0.25, -0.2) is 4.98 Å². The number of thiazole rings is 1. The molecular formula is C12H17N3OS. The van der Waals surface area contributed by atoms with E-state index in [9.17, 15) is 4.79 Å². The predicted molar refractivity (Wildman–Crippen MR) is 69.2 cm³/mol. The van der Waals surface area contributed by atoms with Crippen LogP contribution in [0.15, 0.2) is 17.8 Å². The molecule has 0 unspecified atom stereocenters. The molecule has 2 aromatic rings. The maximum Gasteiger partial charge on any atom is 0.226 e. The van der Waals surface area contributed by atoms with Gasteiger partial charge in [0.05, 0.1) is 12.1 Å². The average molecular weight is 251 g/mol. The summed E-state index contributed by atoms with van der Waals surface area (Å²) < 4.78 is 1.94. The maximum atomic E-state index is 11.8. The van der Waals surface area contributed by atoms with Gasteiger partial charge in [0.1, 0.15) is 0 Å². The summed E-state index contributed by atoms with van der Waals surface area (Å²) in [5.74, 6) is 0.487. The second kappa shape index (κ2) is 4.87. The number of imidazole rings is 1. The Hall–Kier alpha value is -1.36. The molecule has 0 saturated heterocycles. The lowest BCUT2D eigenvalue weighted by atomic mass is 10.1. The van der Waals surface area contributed by atoms with E-state index in [0.29, 0.717) is 12.3 Å². The Labute approximate surface area is 105 Å². The van der Waals surface area contributed by atoms with E-state index in [1.165, 1.54) is 0 Å². The molecule has 2 heterocycles. The van der Waals surface area contributed by atoms with Crippen molar-refractivity contribution in [3.05, 3.63) is 23.5 Å². The minimum atomic E-state index is 0.0388. The molecule has 0 aliphatic heterocycles. The number of fused-ring (bicyclic) bond motifs is 1. The lowest BCUT2D eigenvalue weighted by Crippen LogP contribution is -2.37. The fourth-order valence-corrected chi connectivity index (χ4v) is 2.22. The molecule has 0 saturated carbocycles. The third kappa shape index (κ3) is 2.85. The van der Waals surface area contributed by atoms with Crippen LogP contribution in [0.25, 0.3) is 4.96 Å². The fourth-order valence-electron chi connectivity index (χ4n) is 1.50. The van der Waals surface area contributed by atoms with E-state index in [2.05, 4.69) is 24.1 Å². The van der Waals surface area contributed by atoms with Crippen LogP contribution in [0.5, 0.6) is 0 Å². The number of aromatic nitrogens is 2. The van der Waals surface area contributed by atoms with Crippen molar-refractivity contribution in [1.29, 1.82) is 0 Å². The van der Waals surface area contributed by atoms with Gasteiger partial charge in [0, 0.05) is 23.8 Å². The summed E-state index contributed by atoms with van der Waals surface area (Å²) in [7, 11) is 0. The summed E-state index contributed by atoms with van der Waals surface area (Å²) in [5.41, 5.74) is 0.824. The number of hydrogen-bond donors (Lipinski definition) is 1. The van der Waals surface area contributed by atoms with Crippen molar-refractivity contribution >= 4 is 22.2 Å². The van der Waals surface area contributed by atoms with Gasteiger partial charge in [-0.15, -0.1) is 11.3 Å². The molecule has 0 spiro atoms. The Bertz CT molecular complexity index is 486. The average Bonchev–Trinajstić information content (AvgIpc) is 2.76. The van der Waals surface area contributed by atoms with Crippen molar-refractivity contribution in [2.24, 2.45) is 5.92 Å². The van der Waals surface area contributed by atoms with Crippen LogP contribution < -0.4 is 5.32 Å². The van der Waals surface area contributed by atoms with E-state index in [4.69, 9.17) is 0 Å². The Morgan fingerprint density at radius 2 is 2.29 bits per heavy atom. The molecule has 0 aliphatic rings. The van der Waals surface area contributed by atoms with Gasteiger partial charge in [0.2, 0.25) is 5.91 Å². The van der Waals surface area contributed by atoms with E-state index in [1.54, 1.807) is 11.3 Å². The van der Waals surface area contributed by atoms with Gasteiger partial charge in [0.25, 0.3) is 0 Å². The van der Waals surface area contributed by atoms with Gasteiger partial charge in [-0.05, 0) is 12.8 Å². The van der Waals surface area contributed by atoms with Crippen LogP contribution >= 0.6 is 11.3 Å². The van der Waals surface area contributed by atoms with Gasteiger partial charge in [-0.3, -0.25) is 9.20 Å². The predicted octanol–water partition coefficient (Wildman–Crippen LogP) is 2.10. The van der Waals surface area contributed by atoms with Crippen molar-refractivity contribution < 1.29 is 4.79 Å². The van der Waals surface area contributed by atoms with Gasteiger partial charge >= 0.3 is 0 Å².